The van der Waals surface area contributed by atoms with Gasteiger partial charge in [-0.15, -0.1) is 6.58 Å². The van der Waals surface area contributed by atoms with E-state index in [1.54, 1.807) is 6.08 Å². The SMILES string of the molecule is C=CCOCCCC(=O)NC1CCCCC1CO. The Morgan fingerprint density at radius 1 is 1.44 bits per heavy atom. The Morgan fingerprint density at radius 2 is 2.22 bits per heavy atom. The topological polar surface area (TPSA) is 58.6 Å². The lowest BCUT2D eigenvalue weighted by Gasteiger charge is -2.30. The molecule has 0 bridgehead atoms. The van der Waals surface area contributed by atoms with Gasteiger partial charge in [-0.3, -0.25) is 4.79 Å². The Bertz CT molecular complexity index is 255. The Hall–Kier alpha value is -0.870. The van der Waals surface area contributed by atoms with Crippen molar-refractivity contribution < 1.29 is 14.6 Å². The predicted molar refractivity (Wildman–Crippen MR) is 71.2 cm³/mol. The van der Waals surface area contributed by atoms with Crippen molar-refractivity contribution in [2.24, 2.45) is 5.92 Å². The summed E-state index contributed by atoms with van der Waals surface area (Å²) in [5.41, 5.74) is 0. The first-order chi connectivity index (χ1) is 8.77. The lowest BCUT2D eigenvalue weighted by atomic mass is 9.85. The number of nitrogens with one attached hydrogen (secondary N) is 1. The maximum absolute atomic E-state index is 11.7. The first kappa shape index (κ1) is 15.2. The maximum Gasteiger partial charge on any atom is 0.220 e. The van der Waals surface area contributed by atoms with Gasteiger partial charge in [0, 0.05) is 31.6 Å². The molecule has 0 saturated heterocycles. The summed E-state index contributed by atoms with van der Waals surface area (Å²) in [7, 11) is 0. The normalized spacial score (nSPS) is 23.6. The lowest BCUT2D eigenvalue weighted by Crippen LogP contribution is -2.43. The molecule has 0 spiro atoms. The van der Waals surface area contributed by atoms with Gasteiger partial charge in [0.15, 0.2) is 0 Å². The van der Waals surface area contributed by atoms with E-state index in [1.807, 2.05) is 0 Å². The molecule has 4 nitrogen and oxygen atoms in total. The molecule has 0 aromatic carbocycles. The summed E-state index contributed by atoms with van der Waals surface area (Å²) in [4.78, 5) is 11.7. The number of carbonyl (C=O) groups excluding carboxylic acids is 1. The van der Waals surface area contributed by atoms with Gasteiger partial charge in [-0.1, -0.05) is 18.9 Å². The van der Waals surface area contributed by atoms with Crippen molar-refractivity contribution in [3.05, 3.63) is 12.7 Å². The monoisotopic (exact) mass is 255 g/mol. The van der Waals surface area contributed by atoms with Crippen LogP contribution in [0.5, 0.6) is 0 Å². The molecule has 18 heavy (non-hydrogen) atoms. The standard InChI is InChI=1S/C14H25NO3/c1-2-9-18-10-5-8-14(17)15-13-7-4-3-6-12(13)11-16/h2,12-13,16H,1,3-11H2,(H,15,17). The third kappa shape index (κ3) is 5.65. The molecule has 1 amide bonds. The van der Waals surface area contributed by atoms with Gasteiger partial charge in [0.05, 0.1) is 6.61 Å². The quantitative estimate of drug-likeness (QED) is 0.512. The highest BCUT2D eigenvalue weighted by Crippen LogP contribution is 2.23. The van der Waals surface area contributed by atoms with Crippen molar-refractivity contribution in [1.29, 1.82) is 0 Å². The zero-order valence-corrected chi connectivity index (χ0v) is 11.1. The molecule has 4 heteroatoms. The van der Waals surface area contributed by atoms with Crippen LogP contribution in [0.3, 0.4) is 0 Å². The highest BCUT2D eigenvalue weighted by atomic mass is 16.5. The minimum absolute atomic E-state index is 0.0718. The summed E-state index contributed by atoms with van der Waals surface area (Å²) >= 11 is 0. The molecule has 0 aromatic rings. The second-order valence-electron chi connectivity index (χ2n) is 4.87. The summed E-state index contributed by atoms with van der Waals surface area (Å²) < 4.78 is 5.23. The first-order valence-corrected chi connectivity index (χ1v) is 6.86. The van der Waals surface area contributed by atoms with Crippen molar-refractivity contribution in [2.45, 2.75) is 44.6 Å². The minimum atomic E-state index is 0.0718. The highest BCUT2D eigenvalue weighted by Gasteiger charge is 2.25. The van der Waals surface area contributed by atoms with E-state index in [4.69, 9.17) is 4.74 Å². The molecular weight excluding hydrogens is 230 g/mol. The molecule has 1 aliphatic carbocycles. The molecule has 104 valence electrons. The molecule has 1 aliphatic rings. The Balaban J connectivity index is 2.15. The van der Waals surface area contributed by atoms with Crippen LogP contribution in [-0.4, -0.2) is 36.9 Å². The molecule has 0 radical (unpaired) electrons. The summed E-state index contributed by atoms with van der Waals surface area (Å²) in [6, 6.07) is 0.158. The third-order valence-corrected chi connectivity index (χ3v) is 3.42. The summed E-state index contributed by atoms with van der Waals surface area (Å²) in [5.74, 6) is 0.308. The fourth-order valence-electron chi connectivity index (χ4n) is 2.40. The van der Waals surface area contributed by atoms with Crippen molar-refractivity contribution in [3.63, 3.8) is 0 Å². The number of amides is 1. The Labute approximate surface area is 109 Å². The fraction of sp³-hybridized carbons (Fsp3) is 0.786. The van der Waals surface area contributed by atoms with E-state index in [2.05, 4.69) is 11.9 Å². The minimum Gasteiger partial charge on any atom is -0.396 e. The van der Waals surface area contributed by atoms with Crippen molar-refractivity contribution in [3.8, 4) is 0 Å². The largest absolute Gasteiger partial charge is 0.396 e. The van der Waals surface area contributed by atoms with Gasteiger partial charge in [-0.2, -0.15) is 0 Å². The van der Waals surface area contributed by atoms with E-state index in [0.717, 1.165) is 32.1 Å². The summed E-state index contributed by atoms with van der Waals surface area (Å²) in [6.45, 7) is 4.86. The van der Waals surface area contributed by atoms with Crippen LogP contribution >= 0.6 is 0 Å². The molecule has 0 aliphatic heterocycles. The van der Waals surface area contributed by atoms with Crippen LogP contribution < -0.4 is 5.32 Å². The van der Waals surface area contributed by atoms with Crippen LogP contribution in [0.2, 0.25) is 0 Å². The van der Waals surface area contributed by atoms with E-state index in [9.17, 15) is 9.90 Å². The van der Waals surface area contributed by atoms with Crippen LogP contribution in [0.25, 0.3) is 0 Å². The second-order valence-corrected chi connectivity index (χ2v) is 4.87. The van der Waals surface area contributed by atoms with Gasteiger partial charge in [-0.25, -0.2) is 0 Å². The van der Waals surface area contributed by atoms with Gasteiger partial charge < -0.3 is 15.2 Å². The van der Waals surface area contributed by atoms with Gasteiger partial charge in [0.25, 0.3) is 0 Å². The molecule has 1 fully saturated rings. The molecule has 2 atom stereocenters. The van der Waals surface area contributed by atoms with Crippen LogP contribution in [0, 0.1) is 5.92 Å². The number of rotatable bonds is 8. The van der Waals surface area contributed by atoms with Gasteiger partial charge in [0.1, 0.15) is 0 Å². The van der Waals surface area contributed by atoms with E-state index in [1.165, 1.54) is 0 Å². The van der Waals surface area contributed by atoms with Gasteiger partial charge in [-0.05, 0) is 19.3 Å². The lowest BCUT2D eigenvalue weighted by molar-refractivity contribution is -0.122. The average Bonchev–Trinajstić information content (AvgIpc) is 2.39. The number of carbonyl (C=O) groups is 1. The summed E-state index contributed by atoms with van der Waals surface area (Å²) in [5, 5.41) is 12.3. The molecule has 0 aromatic heterocycles. The van der Waals surface area contributed by atoms with Crippen molar-refractivity contribution in [2.75, 3.05) is 19.8 Å². The van der Waals surface area contributed by atoms with E-state index in [-0.39, 0.29) is 24.5 Å². The Morgan fingerprint density at radius 3 is 2.94 bits per heavy atom. The van der Waals surface area contributed by atoms with E-state index in [0.29, 0.717) is 19.6 Å². The van der Waals surface area contributed by atoms with E-state index >= 15 is 0 Å². The molecule has 2 N–H and O–H groups in total. The molecular formula is C14H25NO3. The van der Waals surface area contributed by atoms with Crippen molar-refractivity contribution >= 4 is 5.91 Å². The molecule has 2 unspecified atom stereocenters. The Kier molecular flexibility index (Phi) is 7.69. The number of ether oxygens (including phenoxy) is 1. The average molecular weight is 255 g/mol. The van der Waals surface area contributed by atoms with Gasteiger partial charge in [0.2, 0.25) is 5.91 Å². The number of aliphatic hydroxyl groups is 1. The smallest absolute Gasteiger partial charge is 0.220 e. The number of aliphatic hydroxyl groups excluding tert-OH is 1. The first-order valence-electron chi connectivity index (χ1n) is 6.86. The second kappa shape index (κ2) is 9.11. The number of hydrogen-bond acceptors (Lipinski definition) is 3. The zero-order valence-electron chi connectivity index (χ0n) is 11.1. The van der Waals surface area contributed by atoms with Gasteiger partial charge >= 0.3 is 0 Å². The number of hydrogen-bond donors (Lipinski definition) is 2. The molecule has 1 rings (SSSR count). The predicted octanol–water partition coefficient (Wildman–Crippen LogP) is 1.64. The van der Waals surface area contributed by atoms with E-state index < -0.39 is 0 Å². The van der Waals surface area contributed by atoms with Crippen LogP contribution in [0.15, 0.2) is 12.7 Å². The maximum atomic E-state index is 11.7. The zero-order chi connectivity index (χ0) is 13.2. The van der Waals surface area contributed by atoms with Crippen molar-refractivity contribution in [1.82, 2.24) is 5.32 Å². The van der Waals surface area contributed by atoms with Crippen LogP contribution in [0.1, 0.15) is 38.5 Å². The fourth-order valence-corrected chi connectivity index (χ4v) is 2.40. The van der Waals surface area contributed by atoms with Crippen LogP contribution in [0.4, 0.5) is 0 Å². The van der Waals surface area contributed by atoms with Crippen LogP contribution in [-0.2, 0) is 9.53 Å². The highest BCUT2D eigenvalue weighted by molar-refractivity contribution is 5.76. The molecule has 0 heterocycles. The molecule has 1 saturated carbocycles. The summed E-state index contributed by atoms with van der Waals surface area (Å²) in [6.07, 6.45) is 7.24. The third-order valence-electron chi connectivity index (χ3n) is 3.42.